The molecule has 2 rings (SSSR count). The van der Waals surface area contributed by atoms with Crippen molar-refractivity contribution in [3.8, 4) is 0 Å². The number of rotatable bonds is 6. The van der Waals surface area contributed by atoms with Gasteiger partial charge in [-0.3, -0.25) is 4.90 Å². The molecule has 0 aromatic carbocycles. The van der Waals surface area contributed by atoms with Gasteiger partial charge in [0.05, 0.1) is 6.10 Å². The van der Waals surface area contributed by atoms with Crippen LogP contribution in [0.2, 0.25) is 0 Å². The Kier molecular flexibility index (Phi) is 5.83. The first-order chi connectivity index (χ1) is 9.98. The first kappa shape index (κ1) is 16.9. The lowest BCUT2D eigenvalue weighted by Crippen LogP contribution is -2.60. The Bertz CT molecular complexity index is 420. The molecule has 0 spiro atoms. The number of thiophene rings is 1. The third kappa shape index (κ3) is 3.86. The summed E-state index contributed by atoms with van der Waals surface area (Å²) in [6, 6.07) is 4.86. The van der Waals surface area contributed by atoms with Crippen molar-refractivity contribution in [3.63, 3.8) is 0 Å². The minimum Gasteiger partial charge on any atom is -0.378 e. The summed E-state index contributed by atoms with van der Waals surface area (Å²) in [6.45, 7) is 8.34. The molecule has 0 aliphatic carbocycles. The molecule has 1 aromatic rings. The lowest BCUT2D eigenvalue weighted by molar-refractivity contribution is -0.0892. The zero-order chi connectivity index (χ0) is 15.5. The van der Waals surface area contributed by atoms with Crippen LogP contribution in [0, 0.1) is 5.92 Å². The van der Waals surface area contributed by atoms with E-state index in [-0.39, 0.29) is 5.54 Å². The highest BCUT2D eigenvalue weighted by molar-refractivity contribution is 7.09. The van der Waals surface area contributed by atoms with Crippen LogP contribution in [0.4, 0.5) is 0 Å². The molecule has 2 heterocycles. The van der Waals surface area contributed by atoms with Crippen molar-refractivity contribution in [1.82, 2.24) is 4.90 Å². The monoisotopic (exact) mass is 310 g/mol. The summed E-state index contributed by atoms with van der Waals surface area (Å²) in [5.41, 5.74) is 6.31. The number of hydrogen-bond acceptors (Lipinski definition) is 4. The predicted molar refractivity (Wildman–Crippen MR) is 90.8 cm³/mol. The lowest BCUT2D eigenvalue weighted by Gasteiger charge is -2.49. The Labute approximate surface area is 133 Å². The zero-order valence-electron chi connectivity index (χ0n) is 13.8. The number of ether oxygens (including phenoxy) is 1. The smallest absolute Gasteiger partial charge is 0.0616 e. The van der Waals surface area contributed by atoms with Crippen molar-refractivity contribution in [2.75, 3.05) is 20.2 Å². The summed E-state index contributed by atoms with van der Waals surface area (Å²) in [7, 11) is 2.24. The molecule has 3 nitrogen and oxygen atoms in total. The molecular formula is C17H30N2OS. The van der Waals surface area contributed by atoms with Crippen LogP contribution in [0.15, 0.2) is 17.5 Å². The van der Waals surface area contributed by atoms with Gasteiger partial charge in [-0.1, -0.05) is 19.9 Å². The van der Waals surface area contributed by atoms with Crippen LogP contribution < -0.4 is 5.73 Å². The molecule has 21 heavy (non-hydrogen) atoms. The van der Waals surface area contributed by atoms with E-state index in [4.69, 9.17) is 10.5 Å². The summed E-state index contributed by atoms with van der Waals surface area (Å²) in [6.07, 6.45) is 3.52. The molecule has 1 aromatic heterocycles. The van der Waals surface area contributed by atoms with Gasteiger partial charge in [0.2, 0.25) is 0 Å². The fraction of sp³-hybridized carbons (Fsp3) is 0.765. The second kappa shape index (κ2) is 7.23. The normalized spacial score (nSPS) is 28.2. The molecule has 0 amide bonds. The fourth-order valence-corrected chi connectivity index (χ4v) is 4.16. The Morgan fingerprint density at radius 2 is 2.24 bits per heavy atom. The average molecular weight is 311 g/mol. The third-order valence-corrected chi connectivity index (χ3v) is 5.99. The standard InChI is InChI=1S/C17H30N2OS/c1-13(2)16-11-17(12-18,7-8-20-16)19(4)14(3)10-15-6-5-9-21-15/h5-6,9,13-14,16H,7-8,10-12,18H2,1-4H3. The molecule has 120 valence electrons. The number of hydrogen-bond donors (Lipinski definition) is 1. The minimum absolute atomic E-state index is 0.0872. The third-order valence-electron chi connectivity index (χ3n) is 5.09. The summed E-state index contributed by atoms with van der Waals surface area (Å²) in [5.74, 6) is 0.553. The molecule has 1 fully saturated rings. The maximum Gasteiger partial charge on any atom is 0.0616 e. The summed E-state index contributed by atoms with van der Waals surface area (Å²) >= 11 is 1.84. The molecule has 1 aliphatic rings. The van der Waals surface area contributed by atoms with E-state index in [0.717, 1.165) is 25.9 Å². The zero-order valence-corrected chi connectivity index (χ0v) is 14.7. The number of nitrogens with zero attached hydrogens (tertiary/aromatic N) is 1. The molecule has 2 N–H and O–H groups in total. The summed E-state index contributed by atoms with van der Waals surface area (Å²) in [5, 5.41) is 2.16. The van der Waals surface area contributed by atoms with Crippen molar-refractivity contribution >= 4 is 11.3 Å². The first-order valence-corrected chi connectivity index (χ1v) is 8.93. The van der Waals surface area contributed by atoms with Crippen LogP contribution in [0.25, 0.3) is 0 Å². The van der Waals surface area contributed by atoms with Crippen LogP contribution in [0.1, 0.15) is 38.5 Å². The largest absolute Gasteiger partial charge is 0.378 e. The molecule has 3 atom stereocenters. The van der Waals surface area contributed by atoms with Gasteiger partial charge in [-0.15, -0.1) is 11.3 Å². The van der Waals surface area contributed by atoms with E-state index >= 15 is 0 Å². The van der Waals surface area contributed by atoms with E-state index in [1.165, 1.54) is 4.88 Å². The molecule has 3 unspecified atom stereocenters. The molecule has 1 saturated heterocycles. The predicted octanol–water partition coefficient (Wildman–Crippen LogP) is 3.14. The van der Waals surface area contributed by atoms with Gasteiger partial charge in [-0.25, -0.2) is 0 Å². The Morgan fingerprint density at radius 1 is 1.48 bits per heavy atom. The number of likely N-dealkylation sites (N-methyl/N-ethyl adjacent to an activating group) is 1. The van der Waals surface area contributed by atoms with Gasteiger partial charge in [0, 0.05) is 29.6 Å². The van der Waals surface area contributed by atoms with Crippen molar-refractivity contribution in [1.29, 1.82) is 0 Å². The highest BCUT2D eigenvalue weighted by Gasteiger charge is 2.41. The molecule has 0 saturated carbocycles. The molecule has 1 aliphatic heterocycles. The number of nitrogens with two attached hydrogens (primary N) is 1. The van der Waals surface area contributed by atoms with Gasteiger partial charge in [-0.05, 0) is 50.6 Å². The topological polar surface area (TPSA) is 38.5 Å². The van der Waals surface area contributed by atoms with Gasteiger partial charge in [0.15, 0.2) is 0 Å². The van der Waals surface area contributed by atoms with E-state index in [0.29, 0.717) is 24.6 Å². The van der Waals surface area contributed by atoms with Crippen molar-refractivity contribution < 1.29 is 4.74 Å². The highest BCUT2D eigenvalue weighted by atomic mass is 32.1. The van der Waals surface area contributed by atoms with E-state index < -0.39 is 0 Å². The van der Waals surface area contributed by atoms with E-state index in [2.05, 4.69) is 50.2 Å². The molecule has 0 radical (unpaired) electrons. The maximum absolute atomic E-state index is 6.22. The average Bonchev–Trinajstić information content (AvgIpc) is 2.99. The van der Waals surface area contributed by atoms with Crippen LogP contribution in [-0.4, -0.2) is 42.8 Å². The molecular weight excluding hydrogens is 280 g/mol. The van der Waals surface area contributed by atoms with E-state index in [1.807, 2.05) is 11.3 Å². The minimum atomic E-state index is 0.0872. The Morgan fingerprint density at radius 3 is 2.81 bits per heavy atom. The molecule has 0 bridgehead atoms. The fourth-order valence-electron chi connectivity index (χ4n) is 3.34. The Hall–Kier alpha value is -0.420. The van der Waals surface area contributed by atoms with Crippen LogP contribution >= 0.6 is 11.3 Å². The first-order valence-electron chi connectivity index (χ1n) is 8.05. The van der Waals surface area contributed by atoms with Crippen LogP contribution in [-0.2, 0) is 11.2 Å². The van der Waals surface area contributed by atoms with Crippen LogP contribution in [0.5, 0.6) is 0 Å². The lowest BCUT2D eigenvalue weighted by atomic mass is 9.81. The second-order valence-electron chi connectivity index (χ2n) is 6.78. The van der Waals surface area contributed by atoms with Gasteiger partial charge < -0.3 is 10.5 Å². The Balaban J connectivity index is 2.07. The van der Waals surface area contributed by atoms with E-state index in [9.17, 15) is 0 Å². The van der Waals surface area contributed by atoms with Crippen molar-refractivity contribution in [2.24, 2.45) is 11.7 Å². The van der Waals surface area contributed by atoms with Gasteiger partial charge in [0.1, 0.15) is 0 Å². The molecule has 4 heteroatoms. The van der Waals surface area contributed by atoms with Crippen molar-refractivity contribution in [3.05, 3.63) is 22.4 Å². The quantitative estimate of drug-likeness (QED) is 0.877. The summed E-state index contributed by atoms with van der Waals surface area (Å²) < 4.78 is 5.95. The van der Waals surface area contributed by atoms with Gasteiger partial charge in [0.25, 0.3) is 0 Å². The van der Waals surface area contributed by atoms with Gasteiger partial charge >= 0.3 is 0 Å². The summed E-state index contributed by atoms with van der Waals surface area (Å²) in [4.78, 5) is 3.97. The van der Waals surface area contributed by atoms with Crippen molar-refractivity contribution in [2.45, 2.75) is 57.7 Å². The second-order valence-corrected chi connectivity index (χ2v) is 7.81. The van der Waals surface area contributed by atoms with E-state index in [1.54, 1.807) is 0 Å². The van der Waals surface area contributed by atoms with Crippen LogP contribution in [0.3, 0.4) is 0 Å². The SMILES string of the molecule is CC(C)C1CC(CN)(N(C)C(C)Cc2cccs2)CCO1. The maximum atomic E-state index is 6.22. The van der Waals surface area contributed by atoms with Gasteiger partial charge in [-0.2, -0.15) is 0 Å². The highest BCUT2D eigenvalue weighted by Crippen LogP contribution is 2.34.